The van der Waals surface area contributed by atoms with E-state index in [4.69, 9.17) is 10.5 Å². The minimum absolute atomic E-state index is 0.107. The first-order valence-electron chi connectivity index (χ1n) is 7.41. The summed E-state index contributed by atoms with van der Waals surface area (Å²) in [5, 5.41) is 3.09. The van der Waals surface area contributed by atoms with Crippen LogP contribution in [0, 0.1) is 6.92 Å². The number of benzene rings is 1. The fraction of sp³-hybridized carbons (Fsp3) is 0.562. The monoisotopic (exact) mass is 292 g/mol. The highest BCUT2D eigenvalue weighted by molar-refractivity contribution is 5.92. The maximum atomic E-state index is 5.92. The third kappa shape index (κ3) is 7.68. The second kappa shape index (κ2) is 9.37. The van der Waals surface area contributed by atoms with E-state index in [9.17, 15) is 0 Å². The molecule has 0 saturated heterocycles. The largest absolute Gasteiger partial charge is 0.377 e. The molecule has 0 aliphatic carbocycles. The molecule has 21 heavy (non-hydrogen) atoms. The lowest BCUT2D eigenvalue weighted by atomic mass is 10.2. The van der Waals surface area contributed by atoms with Crippen molar-refractivity contribution in [2.24, 2.45) is 10.7 Å². The number of nitrogens with one attached hydrogen (secondary N) is 1. The smallest absolute Gasteiger partial charge is 0.193 e. The van der Waals surface area contributed by atoms with Gasteiger partial charge in [0.1, 0.15) is 0 Å². The molecule has 1 aromatic carbocycles. The molecule has 5 heteroatoms. The summed E-state index contributed by atoms with van der Waals surface area (Å²) >= 11 is 0. The lowest BCUT2D eigenvalue weighted by Crippen LogP contribution is -2.28. The van der Waals surface area contributed by atoms with Crippen LogP contribution in [0.25, 0.3) is 0 Å². The molecule has 118 valence electrons. The van der Waals surface area contributed by atoms with Crippen molar-refractivity contribution in [3.63, 3.8) is 0 Å². The molecule has 0 heterocycles. The van der Waals surface area contributed by atoms with E-state index in [1.165, 1.54) is 5.56 Å². The number of rotatable bonds is 8. The third-order valence-corrected chi connectivity index (χ3v) is 3.09. The molecule has 1 aromatic rings. The number of aryl methyl sites for hydroxylation is 1. The van der Waals surface area contributed by atoms with Gasteiger partial charge in [-0.05, 0) is 46.5 Å². The van der Waals surface area contributed by atoms with Gasteiger partial charge < -0.3 is 20.7 Å². The molecule has 0 aliphatic heterocycles. The fourth-order valence-electron chi connectivity index (χ4n) is 1.89. The Hall–Kier alpha value is -1.59. The van der Waals surface area contributed by atoms with Crippen LogP contribution < -0.4 is 11.1 Å². The molecule has 5 nitrogen and oxygen atoms in total. The Labute approximate surface area is 128 Å². The number of guanidine groups is 1. The maximum Gasteiger partial charge on any atom is 0.193 e. The van der Waals surface area contributed by atoms with Crippen LogP contribution in [0.15, 0.2) is 29.3 Å². The summed E-state index contributed by atoms with van der Waals surface area (Å²) in [6, 6.07) is 8.05. The Balaban J connectivity index is 2.48. The van der Waals surface area contributed by atoms with Crippen molar-refractivity contribution >= 4 is 11.6 Å². The van der Waals surface area contributed by atoms with Crippen molar-refractivity contribution in [2.75, 3.05) is 39.1 Å². The number of hydrogen-bond donors (Lipinski definition) is 2. The van der Waals surface area contributed by atoms with E-state index in [1.807, 2.05) is 31.2 Å². The Bertz CT molecular complexity index is 428. The molecule has 0 aliphatic rings. The molecular formula is C16H28N4O. The number of aliphatic imine (C=N–C) groups is 1. The minimum atomic E-state index is 0.107. The van der Waals surface area contributed by atoms with Crippen molar-refractivity contribution in [2.45, 2.75) is 26.4 Å². The molecular weight excluding hydrogens is 264 g/mol. The van der Waals surface area contributed by atoms with Gasteiger partial charge in [-0.3, -0.25) is 4.99 Å². The molecule has 3 N–H and O–H groups in total. The summed E-state index contributed by atoms with van der Waals surface area (Å²) in [5.41, 5.74) is 8.08. The second-order valence-electron chi connectivity index (χ2n) is 5.39. The first-order valence-corrected chi connectivity index (χ1v) is 7.41. The highest BCUT2D eigenvalue weighted by Gasteiger charge is 2.08. The molecule has 1 atom stereocenters. The van der Waals surface area contributed by atoms with Crippen LogP contribution >= 0.6 is 0 Å². The van der Waals surface area contributed by atoms with Crippen molar-refractivity contribution in [3.8, 4) is 0 Å². The molecule has 0 fully saturated rings. The van der Waals surface area contributed by atoms with E-state index < -0.39 is 0 Å². The van der Waals surface area contributed by atoms with E-state index in [0.29, 0.717) is 19.1 Å². The highest BCUT2D eigenvalue weighted by Crippen LogP contribution is 2.08. The third-order valence-electron chi connectivity index (χ3n) is 3.09. The van der Waals surface area contributed by atoms with Crippen LogP contribution in [0.2, 0.25) is 0 Å². The standard InChI is InChI=1S/C16H28N4O/c1-5-21-15(10-11-20(3)4)12-18-16(17)19-14-8-6-13(2)7-9-14/h6-9,15H,5,10-12H2,1-4H3,(H3,17,18,19). The average Bonchev–Trinajstić information content (AvgIpc) is 2.44. The Kier molecular flexibility index (Phi) is 7.79. The zero-order valence-corrected chi connectivity index (χ0v) is 13.6. The molecule has 0 aromatic heterocycles. The minimum Gasteiger partial charge on any atom is -0.377 e. The summed E-state index contributed by atoms with van der Waals surface area (Å²) < 4.78 is 5.69. The van der Waals surface area contributed by atoms with Gasteiger partial charge in [0.2, 0.25) is 0 Å². The Morgan fingerprint density at radius 1 is 1.33 bits per heavy atom. The van der Waals surface area contributed by atoms with Gasteiger partial charge in [0.05, 0.1) is 12.6 Å². The molecule has 0 radical (unpaired) electrons. The fourth-order valence-corrected chi connectivity index (χ4v) is 1.89. The normalized spacial score (nSPS) is 13.5. The number of anilines is 1. The van der Waals surface area contributed by atoms with Crippen LogP contribution in [0.5, 0.6) is 0 Å². The van der Waals surface area contributed by atoms with Gasteiger partial charge in [-0.15, -0.1) is 0 Å². The zero-order valence-electron chi connectivity index (χ0n) is 13.6. The number of ether oxygens (including phenoxy) is 1. The summed E-state index contributed by atoms with van der Waals surface area (Å²) in [5.74, 6) is 0.424. The average molecular weight is 292 g/mol. The van der Waals surface area contributed by atoms with Gasteiger partial charge in [0, 0.05) is 18.8 Å². The summed E-state index contributed by atoms with van der Waals surface area (Å²) in [4.78, 5) is 6.52. The van der Waals surface area contributed by atoms with E-state index >= 15 is 0 Å². The SMILES string of the molecule is CCOC(CCN(C)C)CN=C(N)Nc1ccc(C)cc1. The molecule has 0 spiro atoms. The zero-order chi connectivity index (χ0) is 15.7. The number of nitrogens with two attached hydrogens (primary N) is 1. The van der Waals surface area contributed by atoms with E-state index in [-0.39, 0.29) is 6.10 Å². The molecule has 0 bridgehead atoms. The van der Waals surface area contributed by atoms with Crippen molar-refractivity contribution < 1.29 is 4.74 Å². The second-order valence-corrected chi connectivity index (χ2v) is 5.39. The van der Waals surface area contributed by atoms with Gasteiger partial charge in [-0.25, -0.2) is 0 Å². The lowest BCUT2D eigenvalue weighted by Gasteiger charge is -2.18. The van der Waals surface area contributed by atoms with Crippen molar-refractivity contribution in [3.05, 3.63) is 29.8 Å². The van der Waals surface area contributed by atoms with Crippen LogP contribution in [0.4, 0.5) is 5.69 Å². The maximum absolute atomic E-state index is 5.92. The molecule has 1 unspecified atom stereocenters. The molecule has 0 amide bonds. The van der Waals surface area contributed by atoms with E-state index in [0.717, 1.165) is 18.7 Å². The first-order chi connectivity index (χ1) is 10.0. The van der Waals surface area contributed by atoms with Crippen LogP contribution in [0.3, 0.4) is 0 Å². The molecule has 0 saturated carbocycles. The highest BCUT2D eigenvalue weighted by atomic mass is 16.5. The van der Waals surface area contributed by atoms with Crippen molar-refractivity contribution in [1.29, 1.82) is 0 Å². The van der Waals surface area contributed by atoms with Gasteiger partial charge in [0.25, 0.3) is 0 Å². The van der Waals surface area contributed by atoms with E-state index in [2.05, 4.69) is 36.2 Å². The Morgan fingerprint density at radius 3 is 2.57 bits per heavy atom. The first kappa shape index (κ1) is 17.5. The summed E-state index contributed by atoms with van der Waals surface area (Å²) in [7, 11) is 4.11. The van der Waals surface area contributed by atoms with Crippen molar-refractivity contribution in [1.82, 2.24) is 4.90 Å². The Morgan fingerprint density at radius 2 is 2.00 bits per heavy atom. The van der Waals surface area contributed by atoms with Crippen LogP contribution in [-0.4, -0.2) is 50.8 Å². The van der Waals surface area contributed by atoms with Gasteiger partial charge in [0.15, 0.2) is 5.96 Å². The lowest BCUT2D eigenvalue weighted by molar-refractivity contribution is 0.0583. The predicted octanol–water partition coefficient (Wildman–Crippen LogP) is 2.08. The van der Waals surface area contributed by atoms with Crippen LogP contribution in [0.1, 0.15) is 18.9 Å². The quantitative estimate of drug-likeness (QED) is 0.569. The van der Waals surface area contributed by atoms with Crippen LogP contribution in [-0.2, 0) is 4.74 Å². The predicted molar refractivity (Wildman–Crippen MR) is 89.9 cm³/mol. The van der Waals surface area contributed by atoms with Gasteiger partial charge >= 0.3 is 0 Å². The molecule has 1 rings (SSSR count). The van der Waals surface area contributed by atoms with E-state index in [1.54, 1.807) is 0 Å². The number of nitrogens with zero attached hydrogens (tertiary/aromatic N) is 2. The summed E-state index contributed by atoms with van der Waals surface area (Å²) in [6.45, 7) is 6.30. The van der Waals surface area contributed by atoms with Gasteiger partial charge in [-0.2, -0.15) is 0 Å². The summed E-state index contributed by atoms with van der Waals surface area (Å²) in [6.07, 6.45) is 1.05. The number of hydrogen-bond acceptors (Lipinski definition) is 3. The van der Waals surface area contributed by atoms with Gasteiger partial charge in [-0.1, -0.05) is 17.7 Å². The topological polar surface area (TPSA) is 62.9 Å².